The van der Waals surface area contributed by atoms with Crippen molar-refractivity contribution in [1.82, 2.24) is 10.7 Å². The maximum atomic E-state index is 12.6. The Morgan fingerprint density at radius 3 is 2.33 bits per heavy atom. The summed E-state index contributed by atoms with van der Waals surface area (Å²) >= 11 is 5.96. The van der Waals surface area contributed by atoms with Crippen molar-refractivity contribution in [1.29, 1.82) is 0 Å². The Kier molecular flexibility index (Phi) is 5.53. The maximum Gasteiger partial charge on any atom is 0.272 e. The van der Waals surface area contributed by atoms with Crippen LogP contribution in [0.5, 0.6) is 0 Å². The Bertz CT molecular complexity index is 894. The molecule has 2 amide bonds. The monoisotopic (exact) mass is 432 g/mol. The number of non-ortho nitro benzene ring substituents is 1. The second-order valence-corrected chi connectivity index (χ2v) is 9.54. The molecule has 0 heterocycles. The molecular formula is C21H25ClN4O4. The van der Waals surface area contributed by atoms with Gasteiger partial charge in [0.1, 0.15) is 0 Å². The number of nitro groups is 1. The number of benzene rings is 1. The molecule has 8 nitrogen and oxygen atoms in total. The number of carbonyl (C=O) groups excluding carboxylic acids is 2. The third-order valence-corrected chi connectivity index (χ3v) is 6.93. The molecule has 0 atom stereocenters. The van der Waals surface area contributed by atoms with Crippen molar-refractivity contribution in [2.24, 2.45) is 22.9 Å². The Balaban J connectivity index is 1.32. The minimum Gasteiger partial charge on any atom is -0.350 e. The first kappa shape index (κ1) is 20.8. The smallest absolute Gasteiger partial charge is 0.272 e. The summed E-state index contributed by atoms with van der Waals surface area (Å²) in [4.78, 5) is 35.1. The summed E-state index contributed by atoms with van der Waals surface area (Å²) < 4.78 is 0. The molecule has 0 aliphatic heterocycles. The van der Waals surface area contributed by atoms with Crippen molar-refractivity contribution in [3.63, 3.8) is 0 Å². The molecule has 4 aliphatic carbocycles. The van der Waals surface area contributed by atoms with Crippen molar-refractivity contribution in [3.8, 4) is 0 Å². The fraction of sp³-hybridized carbons (Fsp3) is 0.571. The molecule has 2 N–H and O–H groups in total. The first-order chi connectivity index (χ1) is 14.2. The number of halogens is 1. The van der Waals surface area contributed by atoms with Gasteiger partial charge in [-0.05, 0) is 69.3 Å². The van der Waals surface area contributed by atoms with E-state index in [1.54, 1.807) is 6.92 Å². The van der Waals surface area contributed by atoms with Gasteiger partial charge in [-0.15, -0.1) is 0 Å². The molecule has 0 radical (unpaired) electrons. The van der Waals surface area contributed by atoms with Crippen molar-refractivity contribution in [2.75, 3.05) is 0 Å². The van der Waals surface area contributed by atoms with Gasteiger partial charge in [-0.2, -0.15) is 5.10 Å². The summed E-state index contributed by atoms with van der Waals surface area (Å²) in [5.41, 5.74) is 2.67. The van der Waals surface area contributed by atoms with Crippen LogP contribution in [-0.2, 0) is 4.79 Å². The summed E-state index contributed by atoms with van der Waals surface area (Å²) in [5.74, 6) is 1.59. The van der Waals surface area contributed by atoms with Crippen LogP contribution in [0.3, 0.4) is 0 Å². The van der Waals surface area contributed by atoms with Gasteiger partial charge in [-0.3, -0.25) is 19.7 Å². The molecule has 5 rings (SSSR count). The number of hydrogen-bond acceptors (Lipinski definition) is 5. The molecule has 0 saturated heterocycles. The zero-order valence-corrected chi connectivity index (χ0v) is 17.6. The molecule has 1 aromatic carbocycles. The summed E-state index contributed by atoms with van der Waals surface area (Å²) in [6.07, 6.45) is 7.28. The minimum atomic E-state index is -0.587. The number of amides is 2. The van der Waals surface area contributed by atoms with Crippen LogP contribution in [0.2, 0.25) is 5.02 Å². The second-order valence-electron chi connectivity index (χ2n) is 9.13. The van der Waals surface area contributed by atoms with E-state index in [-0.39, 0.29) is 34.1 Å². The first-order valence-corrected chi connectivity index (χ1v) is 10.7. The molecule has 0 spiro atoms. The number of hydrogen-bond donors (Lipinski definition) is 2. The maximum absolute atomic E-state index is 12.6. The average molecular weight is 433 g/mol. The highest BCUT2D eigenvalue weighted by atomic mass is 35.5. The standard InChI is InChI=1S/C21H25ClN4O4/c1-12(24-25-20(28)17-3-2-16(26(29)30)8-18(17)22)4-19(27)23-21-9-13-5-14(10-21)7-15(6-13)11-21/h2-3,8,13-15H,4-7,9-11H2,1H3,(H,23,27)(H,25,28)/b24-12-. The van der Waals surface area contributed by atoms with Crippen LogP contribution >= 0.6 is 11.6 Å². The van der Waals surface area contributed by atoms with E-state index in [1.165, 1.54) is 31.4 Å². The van der Waals surface area contributed by atoms with Gasteiger partial charge in [0.2, 0.25) is 5.91 Å². The van der Waals surface area contributed by atoms with Gasteiger partial charge in [-0.25, -0.2) is 5.43 Å². The number of hydrazone groups is 1. The molecule has 0 unspecified atom stereocenters. The summed E-state index contributed by atoms with van der Waals surface area (Å²) in [6, 6.07) is 3.60. The highest BCUT2D eigenvalue weighted by molar-refractivity contribution is 6.34. The molecule has 30 heavy (non-hydrogen) atoms. The van der Waals surface area contributed by atoms with Crippen molar-refractivity contribution in [2.45, 2.75) is 57.4 Å². The molecule has 4 aliphatic rings. The SMILES string of the molecule is C/C(CC(=O)NC12CC3CC(CC(C3)C1)C2)=N/NC(=O)c1ccc([N+](=O)[O-])cc1Cl. The lowest BCUT2D eigenvalue weighted by atomic mass is 9.53. The van der Waals surface area contributed by atoms with Gasteiger partial charge in [0.25, 0.3) is 11.6 Å². The van der Waals surface area contributed by atoms with E-state index in [0.29, 0.717) is 5.71 Å². The highest BCUT2D eigenvalue weighted by Gasteiger charge is 2.51. The van der Waals surface area contributed by atoms with E-state index in [1.807, 2.05) is 0 Å². The van der Waals surface area contributed by atoms with Gasteiger partial charge >= 0.3 is 0 Å². The van der Waals surface area contributed by atoms with Crippen LogP contribution in [-0.4, -0.2) is 28.0 Å². The molecule has 1 aromatic rings. The third-order valence-electron chi connectivity index (χ3n) is 6.62. The molecular weight excluding hydrogens is 408 g/mol. The quantitative estimate of drug-likeness (QED) is 0.404. The third kappa shape index (κ3) is 4.33. The fourth-order valence-corrected chi connectivity index (χ4v) is 6.14. The number of rotatable bonds is 6. The van der Waals surface area contributed by atoms with Crippen LogP contribution in [0.4, 0.5) is 5.69 Å². The van der Waals surface area contributed by atoms with Crippen molar-refractivity contribution >= 4 is 34.8 Å². The predicted octanol–water partition coefficient (Wildman–Crippen LogP) is 3.83. The molecule has 160 valence electrons. The largest absolute Gasteiger partial charge is 0.350 e. The molecule has 4 bridgehead atoms. The number of nitrogens with one attached hydrogen (secondary N) is 2. The minimum absolute atomic E-state index is 0.0332. The van der Waals surface area contributed by atoms with Crippen LogP contribution in [0.1, 0.15) is 62.2 Å². The zero-order valence-electron chi connectivity index (χ0n) is 16.8. The fourth-order valence-electron chi connectivity index (χ4n) is 5.88. The van der Waals surface area contributed by atoms with E-state index in [0.717, 1.165) is 43.1 Å². The zero-order chi connectivity index (χ0) is 21.5. The lowest BCUT2D eigenvalue weighted by Gasteiger charge is -2.56. The normalized spacial score (nSPS) is 29.5. The van der Waals surface area contributed by atoms with Crippen molar-refractivity contribution in [3.05, 3.63) is 38.9 Å². The highest BCUT2D eigenvalue weighted by Crippen LogP contribution is 2.55. The van der Waals surface area contributed by atoms with Crippen LogP contribution in [0, 0.1) is 27.9 Å². The predicted molar refractivity (Wildman–Crippen MR) is 112 cm³/mol. The summed E-state index contributed by atoms with van der Waals surface area (Å²) in [5, 5.41) is 18.0. The van der Waals surface area contributed by atoms with E-state index >= 15 is 0 Å². The Morgan fingerprint density at radius 1 is 1.20 bits per heavy atom. The summed E-state index contributed by atoms with van der Waals surface area (Å²) in [6.45, 7) is 1.68. The Morgan fingerprint density at radius 2 is 1.80 bits per heavy atom. The molecule has 4 fully saturated rings. The van der Waals surface area contributed by atoms with E-state index < -0.39 is 10.8 Å². The van der Waals surface area contributed by atoms with Gasteiger partial charge < -0.3 is 5.32 Å². The van der Waals surface area contributed by atoms with Crippen LogP contribution < -0.4 is 10.7 Å². The van der Waals surface area contributed by atoms with Gasteiger partial charge in [0.15, 0.2) is 0 Å². The second kappa shape index (κ2) is 7.98. The number of nitrogens with zero attached hydrogens (tertiary/aromatic N) is 2. The van der Waals surface area contributed by atoms with E-state index in [4.69, 9.17) is 11.6 Å². The first-order valence-electron chi connectivity index (χ1n) is 10.3. The Labute approximate surface area is 179 Å². The number of carbonyl (C=O) groups is 2. The average Bonchev–Trinajstić information content (AvgIpc) is 2.64. The summed E-state index contributed by atoms with van der Waals surface area (Å²) in [7, 11) is 0. The van der Waals surface area contributed by atoms with Gasteiger partial charge in [0.05, 0.1) is 21.9 Å². The Hall–Kier alpha value is -2.48. The van der Waals surface area contributed by atoms with Crippen molar-refractivity contribution < 1.29 is 14.5 Å². The van der Waals surface area contributed by atoms with Crippen LogP contribution in [0.15, 0.2) is 23.3 Å². The lowest BCUT2D eigenvalue weighted by Crippen LogP contribution is -2.60. The molecule has 9 heteroatoms. The van der Waals surface area contributed by atoms with E-state index in [9.17, 15) is 19.7 Å². The lowest BCUT2D eigenvalue weighted by molar-refractivity contribution is -0.384. The molecule has 0 aromatic heterocycles. The number of nitro benzene ring substituents is 1. The van der Waals surface area contributed by atoms with E-state index in [2.05, 4.69) is 15.8 Å². The van der Waals surface area contributed by atoms with Gasteiger partial charge in [0, 0.05) is 23.4 Å². The van der Waals surface area contributed by atoms with Gasteiger partial charge in [-0.1, -0.05) is 11.6 Å². The topological polar surface area (TPSA) is 114 Å². The molecule has 4 saturated carbocycles. The van der Waals surface area contributed by atoms with Crippen LogP contribution in [0.25, 0.3) is 0 Å².